The van der Waals surface area contributed by atoms with Crippen LogP contribution in [0.15, 0.2) is 36.4 Å². The Bertz CT molecular complexity index is 792. The standard InChI is InChI=1S/C21H24Cl2O4/c1-20(2,14-9-17(22)19(24)18(23)10-14)13-5-7-15(8-6-13)25-11-16-12-26-21(3,4)27-16/h5-10,16,24H,11-12H2,1-4H3/t16-/m0/s1. The Morgan fingerprint density at radius 1 is 1.11 bits per heavy atom. The first kappa shape index (κ1) is 20.3. The molecule has 0 bridgehead atoms. The van der Waals surface area contributed by atoms with Gasteiger partial charge in [-0.05, 0) is 49.2 Å². The molecule has 4 nitrogen and oxygen atoms in total. The summed E-state index contributed by atoms with van der Waals surface area (Å²) in [4.78, 5) is 0. The minimum Gasteiger partial charge on any atom is -0.505 e. The summed E-state index contributed by atoms with van der Waals surface area (Å²) in [5.74, 6) is 0.127. The van der Waals surface area contributed by atoms with Crippen LogP contribution < -0.4 is 4.74 Å². The molecule has 0 unspecified atom stereocenters. The number of phenols is 1. The smallest absolute Gasteiger partial charge is 0.163 e. The van der Waals surface area contributed by atoms with Gasteiger partial charge >= 0.3 is 0 Å². The van der Waals surface area contributed by atoms with E-state index in [-0.39, 0.29) is 27.3 Å². The third-order valence-corrected chi connectivity index (χ3v) is 5.39. The molecule has 2 aromatic carbocycles. The molecule has 3 rings (SSSR count). The normalized spacial score (nSPS) is 19.3. The molecule has 0 saturated carbocycles. The molecule has 1 heterocycles. The quantitative estimate of drug-likeness (QED) is 0.700. The second-order valence-corrected chi connectivity index (χ2v) is 8.51. The largest absolute Gasteiger partial charge is 0.505 e. The predicted octanol–water partition coefficient (Wildman–Crippen LogP) is 5.56. The summed E-state index contributed by atoms with van der Waals surface area (Å²) < 4.78 is 17.1. The fourth-order valence-electron chi connectivity index (χ4n) is 3.10. The second-order valence-electron chi connectivity index (χ2n) is 7.70. The van der Waals surface area contributed by atoms with Gasteiger partial charge < -0.3 is 19.3 Å². The van der Waals surface area contributed by atoms with Crippen LogP contribution in [0.3, 0.4) is 0 Å². The highest BCUT2D eigenvalue weighted by atomic mass is 35.5. The minimum absolute atomic E-state index is 0.0719. The van der Waals surface area contributed by atoms with Gasteiger partial charge in [0.15, 0.2) is 11.5 Å². The van der Waals surface area contributed by atoms with Crippen LogP contribution in [-0.4, -0.2) is 30.2 Å². The van der Waals surface area contributed by atoms with Crippen LogP contribution in [0.5, 0.6) is 11.5 Å². The summed E-state index contributed by atoms with van der Waals surface area (Å²) in [6, 6.07) is 11.4. The van der Waals surface area contributed by atoms with Crippen LogP contribution in [0, 0.1) is 0 Å². The van der Waals surface area contributed by atoms with E-state index in [1.54, 1.807) is 12.1 Å². The highest BCUT2D eigenvalue weighted by Crippen LogP contribution is 2.40. The Morgan fingerprint density at radius 2 is 1.70 bits per heavy atom. The topological polar surface area (TPSA) is 47.9 Å². The third kappa shape index (κ3) is 4.52. The monoisotopic (exact) mass is 410 g/mol. The van der Waals surface area contributed by atoms with Crippen molar-refractivity contribution in [2.24, 2.45) is 0 Å². The number of hydrogen-bond acceptors (Lipinski definition) is 4. The number of ether oxygens (including phenoxy) is 3. The van der Waals surface area contributed by atoms with E-state index in [1.807, 2.05) is 38.1 Å². The van der Waals surface area contributed by atoms with Gasteiger partial charge in [0, 0.05) is 5.41 Å². The van der Waals surface area contributed by atoms with Crippen LogP contribution in [0.1, 0.15) is 38.8 Å². The molecule has 1 N–H and O–H groups in total. The van der Waals surface area contributed by atoms with E-state index in [0.29, 0.717) is 13.2 Å². The van der Waals surface area contributed by atoms with Gasteiger partial charge in [0.2, 0.25) is 0 Å². The molecule has 0 amide bonds. The highest BCUT2D eigenvalue weighted by Gasteiger charge is 2.33. The molecule has 1 atom stereocenters. The van der Waals surface area contributed by atoms with Gasteiger partial charge in [-0.3, -0.25) is 0 Å². The minimum atomic E-state index is -0.547. The molecule has 1 fully saturated rings. The second kappa shape index (κ2) is 7.51. The molecule has 1 aliphatic heterocycles. The molecule has 0 aromatic heterocycles. The molecule has 27 heavy (non-hydrogen) atoms. The molecule has 6 heteroatoms. The van der Waals surface area contributed by atoms with Crippen LogP contribution in [-0.2, 0) is 14.9 Å². The van der Waals surface area contributed by atoms with E-state index in [4.69, 9.17) is 37.4 Å². The van der Waals surface area contributed by atoms with E-state index in [0.717, 1.165) is 16.9 Å². The molecule has 1 saturated heterocycles. The Hall–Kier alpha value is -1.46. The van der Waals surface area contributed by atoms with Crippen molar-refractivity contribution in [2.45, 2.75) is 45.0 Å². The molecule has 2 aromatic rings. The van der Waals surface area contributed by atoms with E-state index >= 15 is 0 Å². The number of halogens is 2. The van der Waals surface area contributed by atoms with Crippen LogP contribution in [0.2, 0.25) is 10.0 Å². The zero-order chi connectivity index (χ0) is 19.8. The van der Waals surface area contributed by atoms with Crippen molar-refractivity contribution in [1.29, 1.82) is 0 Å². The first-order valence-electron chi connectivity index (χ1n) is 8.82. The molecular formula is C21H24Cl2O4. The van der Waals surface area contributed by atoms with E-state index in [1.165, 1.54) is 0 Å². The SMILES string of the molecule is CC1(C)OC[C@H](COc2ccc(C(C)(C)c3cc(Cl)c(O)c(Cl)c3)cc2)O1. The van der Waals surface area contributed by atoms with Crippen LogP contribution in [0.4, 0.5) is 0 Å². The maximum atomic E-state index is 9.79. The lowest BCUT2D eigenvalue weighted by molar-refractivity contribution is -0.141. The van der Waals surface area contributed by atoms with Crippen molar-refractivity contribution in [3.8, 4) is 11.5 Å². The van der Waals surface area contributed by atoms with Crippen molar-refractivity contribution in [3.63, 3.8) is 0 Å². The van der Waals surface area contributed by atoms with E-state index < -0.39 is 5.79 Å². The lowest BCUT2D eigenvalue weighted by atomic mass is 9.78. The predicted molar refractivity (Wildman–Crippen MR) is 107 cm³/mol. The Balaban J connectivity index is 1.71. The number of rotatable bonds is 5. The Labute approximate surface area is 170 Å². The fraction of sp³-hybridized carbons (Fsp3) is 0.429. The summed E-state index contributed by atoms with van der Waals surface area (Å²) in [5, 5.41) is 10.3. The van der Waals surface area contributed by atoms with Gasteiger partial charge in [-0.25, -0.2) is 0 Å². The zero-order valence-corrected chi connectivity index (χ0v) is 17.4. The molecular weight excluding hydrogens is 387 g/mol. The lowest BCUT2D eigenvalue weighted by Crippen LogP contribution is -2.25. The van der Waals surface area contributed by atoms with Crippen LogP contribution >= 0.6 is 23.2 Å². The van der Waals surface area contributed by atoms with Crippen molar-refractivity contribution >= 4 is 23.2 Å². The summed E-state index contributed by atoms with van der Waals surface area (Å²) in [6.45, 7) is 8.91. The summed E-state index contributed by atoms with van der Waals surface area (Å²) >= 11 is 12.2. The maximum absolute atomic E-state index is 9.79. The van der Waals surface area contributed by atoms with Crippen molar-refractivity contribution in [3.05, 3.63) is 57.6 Å². The summed E-state index contributed by atoms with van der Waals surface area (Å²) in [5.41, 5.74) is 1.66. The van der Waals surface area contributed by atoms with Gasteiger partial charge in [-0.15, -0.1) is 0 Å². The van der Waals surface area contributed by atoms with Gasteiger partial charge in [0.05, 0.1) is 16.7 Å². The van der Waals surface area contributed by atoms with Gasteiger partial charge in [0.25, 0.3) is 0 Å². The average Bonchev–Trinajstić information content (AvgIpc) is 2.96. The van der Waals surface area contributed by atoms with Gasteiger partial charge in [0.1, 0.15) is 18.5 Å². The third-order valence-electron chi connectivity index (χ3n) is 4.82. The Kier molecular flexibility index (Phi) is 5.64. The zero-order valence-electron chi connectivity index (χ0n) is 15.9. The summed E-state index contributed by atoms with van der Waals surface area (Å²) in [6.07, 6.45) is -0.0719. The van der Waals surface area contributed by atoms with Crippen molar-refractivity contribution in [1.82, 2.24) is 0 Å². The van der Waals surface area contributed by atoms with Crippen LogP contribution in [0.25, 0.3) is 0 Å². The fourth-order valence-corrected chi connectivity index (χ4v) is 3.58. The summed E-state index contributed by atoms with van der Waals surface area (Å²) in [7, 11) is 0. The van der Waals surface area contributed by atoms with E-state index in [9.17, 15) is 5.11 Å². The molecule has 0 radical (unpaired) electrons. The molecule has 0 spiro atoms. The first-order valence-corrected chi connectivity index (χ1v) is 9.58. The molecule has 146 valence electrons. The number of hydrogen-bond donors (Lipinski definition) is 1. The number of phenolic OH excluding ortho intramolecular Hbond substituents is 1. The highest BCUT2D eigenvalue weighted by molar-refractivity contribution is 6.37. The average molecular weight is 411 g/mol. The van der Waals surface area contributed by atoms with Gasteiger partial charge in [-0.1, -0.05) is 49.2 Å². The lowest BCUT2D eigenvalue weighted by Gasteiger charge is -2.27. The van der Waals surface area contributed by atoms with E-state index in [2.05, 4.69) is 13.8 Å². The van der Waals surface area contributed by atoms with Gasteiger partial charge in [-0.2, -0.15) is 0 Å². The first-order chi connectivity index (χ1) is 12.6. The van der Waals surface area contributed by atoms with Crippen molar-refractivity contribution in [2.75, 3.05) is 13.2 Å². The number of aromatic hydroxyl groups is 1. The Morgan fingerprint density at radius 3 is 2.22 bits per heavy atom. The van der Waals surface area contributed by atoms with Crippen molar-refractivity contribution < 1.29 is 19.3 Å². The maximum Gasteiger partial charge on any atom is 0.163 e. The number of benzene rings is 2. The molecule has 0 aliphatic carbocycles. The molecule has 1 aliphatic rings.